The summed E-state index contributed by atoms with van der Waals surface area (Å²) in [5, 5.41) is 17.0. The number of allylic oxidation sites excluding steroid dienone is 4. The molecule has 4 nitrogen and oxygen atoms in total. The largest absolute Gasteiger partial charge is 0.481 e. The highest BCUT2D eigenvalue weighted by atomic mass is 16.4. The minimum Gasteiger partial charge on any atom is -0.481 e. The molecule has 2 N–H and O–H groups in total. The van der Waals surface area contributed by atoms with Crippen molar-refractivity contribution in [3.63, 3.8) is 0 Å². The third-order valence-electron chi connectivity index (χ3n) is 7.30. The third-order valence-corrected chi connectivity index (χ3v) is 7.30. The summed E-state index contributed by atoms with van der Waals surface area (Å²) in [6.07, 6.45) is 42.5. The zero-order valence-electron chi connectivity index (χ0n) is 26.8. The first-order valence-electron chi connectivity index (χ1n) is 17.3. The van der Waals surface area contributed by atoms with E-state index in [0.29, 0.717) is 12.8 Å². The second-order valence-corrected chi connectivity index (χ2v) is 11.5. The second kappa shape index (κ2) is 37.4. The van der Waals surface area contributed by atoms with E-state index < -0.39 is 11.9 Å². The van der Waals surface area contributed by atoms with Gasteiger partial charge in [-0.15, -0.1) is 0 Å². The zero-order chi connectivity index (χ0) is 29.8. The number of rotatable bonds is 30. The monoisotopic (exact) mass is 565 g/mol. The van der Waals surface area contributed by atoms with Crippen molar-refractivity contribution >= 4 is 11.9 Å². The average Bonchev–Trinajstić information content (AvgIpc) is 2.93. The van der Waals surface area contributed by atoms with E-state index in [1.54, 1.807) is 0 Å². The summed E-state index contributed by atoms with van der Waals surface area (Å²) in [6, 6.07) is 0. The molecule has 0 unspecified atom stereocenters. The van der Waals surface area contributed by atoms with Gasteiger partial charge < -0.3 is 10.2 Å². The molecule has 0 aromatic rings. The Morgan fingerprint density at radius 1 is 0.375 bits per heavy atom. The van der Waals surface area contributed by atoms with Gasteiger partial charge in [0, 0.05) is 12.8 Å². The minimum atomic E-state index is -0.677. The summed E-state index contributed by atoms with van der Waals surface area (Å²) in [5.74, 6) is -1.34. The standard InChI is InChI=1S/2C18H34O2/c2*1-2-3-4-5-6-7-8-9-10-11-12-13-14-15-16-17-18(19)20/h12-13H,2-11,14-17H2,1H3,(H,19,20);9-10H,2-8,11-17H2,1H3,(H,19,20)/b;10-9+. The Balaban J connectivity index is 0. The molecule has 0 radical (unpaired) electrons. The van der Waals surface area contributed by atoms with Crippen LogP contribution >= 0.6 is 0 Å². The minimum absolute atomic E-state index is 0.312. The first kappa shape index (κ1) is 40.6. The topological polar surface area (TPSA) is 74.6 Å². The van der Waals surface area contributed by atoms with Crippen LogP contribution in [-0.4, -0.2) is 22.2 Å². The lowest BCUT2D eigenvalue weighted by molar-refractivity contribution is -0.138. The van der Waals surface area contributed by atoms with E-state index in [4.69, 9.17) is 10.2 Å². The van der Waals surface area contributed by atoms with Crippen molar-refractivity contribution in [2.45, 2.75) is 194 Å². The molecule has 0 rings (SSSR count). The number of hydrogen-bond acceptors (Lipinski definition) is 2. The molecule has 0 atom stereocenters. The molecule has 0 aliphatic rings. The Kier molecular flexibility index (Phi) is 37.9. The van der Waals surface area contributed by atoms with Gasteiger partial charge in [-0.05, 0) is 64.2 Å². The van der Waals surface area contributed by atoms with Crippen molar-refractivity contribution in [2.24, 2.45) is 0 Å². The van der Waals surface area contributed by atoms with Gasteiger partial charge in [0.05, 0.1) is 0 Å². The van der Waals surface area contributed by atoms with Gasteiger partial charge in [0.15, 0.2) is 0 Å². The lowest BCUT2D eigenvalue weighted by Gasteiger charge is -2.00. The molecule has 0 aliphatic heterocycles. The molecule has 0 aromatic heterocycles. The van der Waals surface area contributed by atoms with Gasteiger partial charge >= 0.3 is 11.9 Å². The van der Waals surface area contributed by atoms with Crippen LogP contribution in [0.4, 0.5) is 0 Å². The molecule has 0 saturated heterocycles. The Labute approximate surface area is 249 Å². The van der Waals surface area contributed by atoms with Gasteiger partial charge in [-0.1, -0.05) is 141 Å². The van der Waals surface area contributed by atoms with E-state index in [-0.39, 0.29) is 0 Å². The SMILES string of the molecule is CCCCCCCC/C=C/CCCCCCCC(=O)O.CCCCCCCCCCCC=CCCCCC(=O)O. The van der Waals surface area contributed by atoms with Crippen LogP contribution in [0.2, 0.25) is 0 Å². The van der Waals surface area contributed by atoms with Gasteiger partial charge in [0.25, 0.3) is 0 Å². The van der Waals surface area contributed by atoms with E-state index in [1.165, 1.54) is 135 Å². The maximum atomic E-state index is 10.3. The van der Waals surface area contributed by atoms with Crippen LogP contribution in [0.25, 0.3) is 0 Å². The Bertz CT molecular complexity index is 567. The van der Waals surface area contributed by atoms with Crippen LogP contribution in [-0.2, 0) is 9.59 Å². The summed E-state index contributed by atoms with van der Waals surface area (Å²) in [7, 11) is 0. The van der Waals surface area contributed by atoms with Gasteiger partial charge in [-0.25, -0.2) is 0 Å². The smallest absolute Gasteiger partial charge is 0.303 e. The highest BCUT2D eigenvalue weighted by molar-refractivity contribution is 5.66. The molecule has 0 saturated carbocycles. The fourth-order valence-corrected chi connectivity index (χ4v) is 4.69. The number of carbonyl (C=O) groups is 2. The van der Waals surface area contributed by atoms with Crippen molar-refractivity contribution in [3.05, 3.63) is 24.3 Å². The Morgan fingerprint density at radius 3 is 0.900 bits per heavy atom. The number of unbranched alkanes of at least 4 members (excludes halogenated alkanes) is 22. The molecular formula is C36H68O4. The van der Waals surface area contributed by atoms with Crippen LogP contribution in [0, 0.1) is 0 Å². The van der Waals surface area contributed by atoms with Crippen molar-refractivity contribution < 1.29 is 19.8 Å². The summed E-state index contributed by atoms with van der Waals surface area (Å²) < 4.78 is 0. The molecule has 0 amide bonds. The fourth-order valence-electron chi connectivity index (χ4n) is 4.69. The predicted octanol–water partition coefficient (Wildman–Crippen LogP) is 12.2. The van der Waals surface area contributed by atoms with Crippen molar-refractivity contribution in [2.75, 3.05) is 0 Å². The fraction of sp³-hybridized carbons (Fsp3) is 0.833. The lowest BCUT2D eigenvalue weighted by Crippen LogP contribution is -1.93. The quantitative estimate of drug-likeness (QED) is 0.0672. The Hall–Kier alpha value is -1.58. The number of carboxylic acids is 2. The van der Waals surface area contributed by atoms with Crippen LogP contribution in [0.1, 0.15) is 194 Å². The molecule has 4 heteroatoms. The van der Waals surface area contributed by atoms with Crippen molar-refractivity contribution in [1.82, 2.24) is 0 Å². The molecule has 0 bridgehead atoms. The molecule has 236 valence electrons. The normalized spacial score (nSPS) is 11.2. The van der Waals surface area contributed by atoms with Crippen LogP contribution in [0.15, 0.2) is 24.3 Å². The third kappa shape index (κ3) is 43.5. The summed E-state index contributed by atoms with van der Waals surface area (Å²) in [6.45, 7) is 4.52. The molecule has 0 aromatic carbocycles. The summed E-state index contributed by atoms with van der Waals surface area (Å²) >= 11 is 0. The molecule has 0 aliphatic carbocycles. The van der Waals surface area contributed by atoms with E-state index in [2.05, 4.69) is 38.2 Å². The maximum absolute atomic E-state index is 10.3. The van der Waals surface area contributed by atoms with Gasteiger partial charge in [0.1, 0.15) is 0 Å². The van der Waals surface area contributed by atoms with Gasteiger partial charge in [0.2, 0.25) is 0 Å². The molecule has 0 spiro atoms. The molecular weight excluding hydrogens is 496 g/mol. The number of aliphatic carboxylic acids is 2. The van der Waals surface area contributed by atoms with Crippen LogP contribution in [0.5, 0.6) is 0 Å². The van der Waals surface area contributed by atoms with Crippen LogP contribution < -0.4 is 0 Å². The van der Waals surface area contributed by atoms with E-state index in [9.17, 15) is 9.59 Å². The van der Waals surface area contributed by atoms with Gasteiger partial charge in [-0.3, -0.25) is 9.59 Å². The van der Waals surface area contributed by atoms with E-state index >= 15 is 0 Å². The van der Waals surface area contributed by atoms with Gasteiger partial charge in [-0.2, -0.15) is 0 Å². The second-order valence-electron chi connectivity index (χ2n) is 11.5. The van der Waals surface area contributed by atoms with Crippen molar-refractivity contribution in [1.29, 1.82) is 0 Å². The average molecular weight is 565 g/mol. The Morgan fingerprint density at radius 2 is 0.600 bits per heavy atom. The first-order valence-corrected chi connectivity index (χ1v) is 17.3. The van der Waals surface area contributed by atoms with E-state index in [0.717, 1.165) is 32.1 Å². The van der Waals surface area contributed by atoms with Crippen LogP contribution in [0.3, 0.4) is 0 Å². The molecule has 0 fully saturated rings. The van der Waals surface area contributed by atoms with E-state index in [1.807, 2.05) is 0 Å². The highest BCUT2D eigenvalue weighted by Gasteiger charge is 1.96. The molecule has 40 heavy (non-hydrogen) atoms. The zero-order valence-corrected chi connectivity index (χ0v) is 26.8. The number of hydrogen-bond donors (Lipinski definition) is 2. The summed E-state index contributed by atoms with van der Waals surface area (Å²) in [5.41, 5.74) is 0. The highest BCUT2D eigenvalue weighted by Crippen LogP contribution is 2.12. The first-order chi connectivity index (χ1) is 19.5. The van der Waals surface area contributed by atoms with Crippen molar-refractivity contribution in [3.8, 4) is 0 Å². The lowest BCUT2D eigenvalue weighted by atomic mass is 10.1. The maximum Gasteiger partial charge on any atom is 0.303 e. The number of carboxylic acid groups (broad SMARTS) is 2. The molecule has 0 heterocycles. The summed E-state index contributed by atoms with van der Waals surface area (Å²) in [4.78, 5) is 20.6. The predicted molar refractivity (Wildman–Crippen MR) is 174 cm³/mol.